The Morgan fingerprint density at radius 2 is 2.17 bits per heavy atom. The van der Waals surface area contributed by atoms with E-state index in [2.05, 4.69) is 0 Å². The maximum Gasteiger partial charge on any atom is 0.208 e. The van der Waals surface area contributed by atoms with Crippen molar-refractivity contribution >= 4 is 26.4 Å². The minimum atomic E-state index is -0.300. The summed E-state index contributed by atoms with van der Waals surface area (Å²) >= 11 is 1.67. The highest BCUT2D eigenvalue weighted by Crippen LogP contribution is 1.87. The van der Waals surface area contributed by atoms with Crippen molar-refractivity contribution in [1.29, 1.82) is 0 Å². The molecule has 0 aromatic rings. The molecule has 0 heterocycles. The van der Waals surface area contributed by atoms with Crippen molar-refractivity contribution in [2.75, 3.05) is 0 Å². The molecule has 0 saturated heterocycles. The summed E-state index contributed by atoms with van der Waals surface area (Å²) in [4.78, 5) is 10.0. The monoisotopic (exact) mass is 199 g/mol. The molecule has 0 aliphatic rings. The summed E-state index contributed by atoms with van der Waals surface area (Å²) in [6.07, 6.45) is 0. The molecular weight excluding hydrogens is 193 g/mol. The van der Waals surface area contributed by atoms with E-state index in [1.807, 2.05) is 0 Å². The van der Waals surface area contributed by atoms with Crippen molar-refractivity contribution in [3.63, 3.8) is 0 Å². The quantitative estimate of drug-likeness (QED) is 0.487. The predicted octanol–water partition coefficient (Wildman–Crippen LogP) is 0.295. The first-order chi connectivity index (χ1) is 2.64. The zero-order valence-corrected chi connectivity index (χ0v) is 5.60. The molecule has 1 atom stereocenters. The molecule has 6 heavy (non-hydrogen) atoms. The van der Waals surface area contributed by atoms with Gasteiger partial charge in [-0.3, -0.25) is 4.79 Å². The Kier molecular flexibility index (Phi) is 2.67. The van der Waals surface area contributed by atoms with Crippen LogP contribution in [0.2, 0.25) is 0 Å². The Bertz CT molecular complexity index is 61.8. The molecule has 0 rings (SSSR count). The minimum absolute atomic E-state index is 0.00704. The van der Waals surface area contributed by atoms with Gasteiger partial charge in [0.05, 0.1) is 6.04 Å². The first-order valence-electron chi connectivity index (χ1n) is 1.59. The third-order valence-corrected chi connectivity index (χ3v) is 1.34. The lowest BCUT2D eigenvalue weighted by atomic mass is 10.4. The second kappa shape index (κ2) is 2.52. The van der Waals surface area contributed by atoms with E-state index in [-0.39, 0.29) is 9.83 Å². The SMILES string of the molecule is CC(N)C(=O)I. The van der Waals surface area contributed by atoms with Crippen LogP contribution in [-0.4, -0.2) is 9.83 Å². The van der Waals surface area contributed by atoms with E-state index in [0.29, 0.717) is 0 Å². The Morgan fingerprint density at radius 1 is 2.00 bits per heavy atom. The van der Waals surface area contributed by atoms with Gasteiger partial charge in [0.25, 0.3) is 0 Å². The lowest BCUT2D eigenvalue weighted by Gasteiger charge is -1.89. The molecule has 0 amide bonds. The van der Waals surface area contributed by atoms with Gasteiger partial charge in [0.15, 0.2) is 0 Å². The van der Waals surface area contributed by atoms with Gasteiger partial charge >= 0.3 is 0 Å². The molecule has 1 unspecified atom stereocenters. The number of halogens is 1. The summed E-state index contributed by atoms with van der Waals surface area (Å²) in [6.45, 7) is 1.66. The van der Waals surface area contributed by atoms with Crippen molar-refractivity contribution in [3.05, 3.63) is 0 Å². The van der Waals surface area contributed by atoms with E-state index < -0.39 is 0 Å². The van der Waals surface area contributed by atoms with Gasteiger partial charge in [0, 0.05) is 22.6 Å². The summed E-state index contributed by atoms with van der Waals surface area (Å²) in [5, 5.41) is 0. The maximum absolute atomic E-state index is 10.0. The van der Waals surface area contributed by atoms with Crippen molar-refractivity contribution in [3.8, 4) is 0 Å². The van der Waals surface area contributed by atoms with E-state index in [1.165, 1.54) is 0 Å². The molecule has 0 aliphatic carbocycles. The molecule has 0 aliphatic heterocycles. The number of carbonyl (C=O) groups is 1. The van der Waals surface area contributed by atoms with Crippen molar-refractivity contribution in [2.45, 2.75) is 13.0 Å². The molecule has 0 aromatic carbocycles. The summed E-state index contributed by atoms with van der Waals surface area (Å²) in [5.41, 5.74) is 5.08. The Hall–Kier alpha value is 0.360. The molecule has 0 saturated carbocycles. The van der Waals surface area contributed by atoms with Gasteiger partial charge in [-0.2, -0.15) is 0 Å². The minimum Gasteiger partial charge on any atom is -0.321 e. The van der Waals surface area contributed by atoms with Gasteiger partial charge in [-0.1, -0.05) is 0 Å². The smallest absolute Gasteiger partial charge is 0.208 e. The van der Waals surface area contributed by atoms with Gasteiger partial charge < -0.3 is 5.73 Å². The lowest BCUT2D eigenvalue weighted by molar-refractivity contribution is -0.110. The molecule has 3 heteroatoms. The normalized spacial score (nSPS) is 13.8. The fourth-order valence-corrected chi connectivity index (χ4v) is 0. The van der Waals surface area contributed by atoms with Crippen LogP contribution in [-0.2, 0) is 4.79 Å². The molecular formula is C3H6INO. The van der Waals surface area contributed by atoms with E-state index in [9.17, 15) is 4.79 Å². The van der Waals surface area contributed by atoms with Crippen LogP contribution in [0.25, 0.3) is 0 Å². The highest BCUT2D eigenvalue weighted by molar-refractivity contribution is 14.1. The van der Waals surface area contributed by atoms with Crippen LogP contribution in [0.3, 0.4) is 0 Å². The zero-order chi connectivity index (χ0) is 5.15. The Morgan fingerprint density at radius 3 is 2.17 bits per heavy atom. The van der Waals surface area contributed by atoms with Crippen LogP contribution >= 0.6 is 22.6 Å². The van der Waals surface area contributed by atoms with Crippen LogP contribution in [0, 0.1) is 0 Å². The Balaban J connectivity index is 3.26. The maximum atomic E-state index is 10.0. The van der Waals surface area contributed by atoms with E-state index in [1.54, 1.807) is 29.5 Å². The summed E-state index contributed by atoms with van der Waals surface area (Å²) in [5.74, 6) is 0. The van der Waals surface area contributed by atoms with Crippen LogP contribution in [0.4, 0.5) is 0 Å². The lowest BCUT2D eigenvalue weighted by Crippen LogP contribution is -2.21. The van der Waals surface area contributed by atoms with Gasteiger partial charge in [0.2, 0.25) is 3.79 Å². The van der Waals surface area contributed by atoms with Crippen molar-refractivity contribution in [2.24, 2.45) is 5.73 Å². The molecule has 36 valence electrons. The number of rotatable bonds is 1. The first-order valence-corrected chi connectivity index (χ1v) is 2.67. The topological polar surface area (TPSA) is 43.1 Å². The molecule has 2 nitrogen and oxygen atoms in total. The Labute approximate surface area is 50.2 Å². The summed E-state index contributed by atoms with van der Waals surface area (Å²) in [6, 6.07) is -0.300. The molecule has 0 fully saturated rings. The molecule has 0 aromatic heterocycles. The van der Waals surface area contributed by atoms with Gasteiger partial charge in [-0.05, 0) is 6.92 Å². The average Bonchev–Trinajstić information content (AvgIpc) is 1.36. The van der Waals surface area contributed by atoms with Crippen LogP contribution in [0.5, 0.6) is 0 Å². The van der Waals surface area contributed by atoms with Gasteiger partial charge in [-0.25, -0.2) is 0 Å². The molecule has 0 bridgehead atoms. The first kappa shape index (κ1) is 6.36. The van der Waals surface area contributed by atoms with E-state index in [4.69, 9.17) is 5.73 Å². The second-order valence-electron chi connectivity index (χ2n) is 1.09. The molecule has 2 N–H and O–H groups in total. The summed E-state index contributed by atoms with van der Waals surface area (Å²) < 4.78 is 0.00704. The second-order valence-corrected chi connectivity index (χ2v) is 2.16. The van der Waals surface area contributed by atoms with Crippen molar-refractivity contribution in [1.82, 2.24) is 0 Å². The highest BCUT2D eigenvalue weighted by Gasteiger charge is 1.97. The summed E-state index contributed by atoms with van der Waals surface area (Å²) in [7, 11) is 0. The predicted molar refractivity (Wildman–Crippen MR) is 32.7 cm³/mol. The van der Waals surface area contributed by atoms with Crippen LogP contribution in [0.1, 0.15) is 6.92 Å². The van der Waals surface area contributed by atoms with E-state index in [0.717, 1.165) is 0 Å². The standard InChI is InChI=1S/C3H6INO/c1-2(5)3(4)6/h2H,5H2,1H3. The number of nitrogens with two attached hydrogens (primary N) is 1. The number of hydrogen-bond donors (Lipinski definition) is 1. The number of carbonyl (C=O) groups excluding carboxylic acids is 1. The molecule has 0 spiro atoms. The zero-order valence-electron chi connectivity index (χ0n) is 3.44. The third-order valence-electron chi connectivity index (χ3n) is 0.358. The highest BCUT2D eigenvalue weighted by atomic mass is 127. The van der Waals surface area contributed by atoms with Crippen LogP contribution < -0.4 is 5.73 Å². The van der Waals surface area contributed by atoms with Crippen LogP contribution in [0.15, 0.2) is 0 Å². The fraction of sp³-hybridized carbons (Fsp3) is 0.667. The largest absolute Gasteiger partial charge is 0.321 e. The molecule has 0 radical (unpaired) electrons. The fourth-order valence-electron chi connectivity index (χ4n) is 0. The van der Waals surface area contributed by atoms with Crippen molar-refractivity contribution < 1.29 is 4.79 Å². The van der Waals surface area contributed by atoms with E-state index >= 15 is 0 Å². The number of hydrogen-bond acceptors (Lipinski definition) is 2. The third kappa shape index (κ3) is 2.59. The average molecular weight is 199 g/mol. The van der Waals surface area contributed by atoms with Gasteiger partial charge in [0.1, 0.15) is 0 Å². The van der Waals surface area contributed by atoms with Gasteiger partial charge in [-0.15, -0.1) is 0 Å².